The highest BCUT2D eigenvalue weighted by Crippen LogP contribution is 2.32. The van der Waals surface area contributed by atoms with Crippen LogP contribution in [0.15, 0.2) is 89.8 Å². The quantitative estimate of drug-likeness (QED) is 0.530. The Bertz CT molecular complexity index is 1120. The molecular formula is C22H20N3O2S+. The van der Waals surface area contributed by atoms with Gasteiger partial charge in [0.05, 0.1) is 11.4 Å². The summed E-state index contributed by atoms with van der Waals surface area (Å²) < 4.78 is 27.9. The number of para-hydroxylation sites is 1. The van der Waals surface area contributed by atoms with Crippen molar-refractivity contribution in [3.63, 3.8) is 0 Å². The molecule has 0 aliphatic carbocycles. The first kappa shape index (κ1) is 19.3. The van der Waals surface area contributed by atoms with Crippen molar-refractivity contribution >= 4 is 27.5 Å². The Hall–Kier alpha value is -3.43. The molecule has 0 saturated carbocycles. The smallest absolute Gasteiger partial charge is 0.254 e. The molecule has 0 amide bonds. The summed E-state index contributed by atoms with van der Waals surface area (Å²) in [6, 6.07) is 22.9. The van der Waals surface area contributed by atoms with Gasteiger partial charge in [0.25, 0.3) is 10.0 Å². The summed E-state index contributed by atoms with van der Waals surface area (Å²) in [6.45, 7) is 1.99. The normalized spacial score (nSPS) is 11.3. The van der Waals surface area contributed by atoms with Crippen LogP contribution in [0.5, 0.6) is 0 Å². The summed E-state index contributed by atoms with van der Waals surface area (Å²) in [5.74, 6) is 0. The lowest BCUT2D eigenvalue weighted by Gasteiger charge is -2.21. The molecule has 3 aromatic carbocycles. The van der Waals surface area contributed by atoms with Crippen molar-refractivity contribution in [1.82, 2.24) is 0 Å². The standard InChI is InChI=1S/C22H20N3O2S/c1-18-13-15-20(16-14-18)28(26,27)25(22-12-6-5-11-21(22)24-23)17-7-10-19-8-3-2-4-9-19/h2-16H,17H2,1H3/q+1/b10-7+. The van der Waals surface area contributed by atoms with Crippen LogP contribution in [0.3, 0.4) is 0 Å². The number of aryl methyl sites for hydroxylation is 1. The van der Waals surface area contributed by atoms with Gasteiger partial charge in [-0.2, -0.15) is 0 Å². The second-order valence-corrected chi connectivity index (χ2v) is 8.11. The molecule has 28 heavy (non-hydrogen) atoms. The van der Waals surface area contributed by atoms with Crippen LogP contribution in [-0.2, 0) is 10.0 Å². The Morgan fingerprint density at radius 2 is 1.57 bits per heavy atom. The maximum atomic E-state index is 13.3. The summed E-state index contributed by atoms with van der Waals surface area (Å²) in [4.78, 5) is 3.43. The van der Waals surface area contributed by atoms with Gasteiger partial charge in [0.2, 0.25) is 5.39 Å². The first-order valence-corrected chi connectivity index (χ1v) is 10.2. The van der Waals surface area contributed by atoms with Crippen molar-refractivity contribution in [2.24, 2.45) is 0 Å². The number of benzene rings is 3. The molecule has 0 spiro atoms. The predicted octanol–water partition coefficient (Wildman–Crippen LogP) is 5.39. The molecule has 0 aliphatic heterocycles. The van der Waals surface area contributed by atoms with Crippen LogP contribution < -0.4 is 4.31 Å². The first-order chi connectivity index (χ1) is 13.5. The third kappa shape index (κ3) is 4.27. The third-order valence-corrected chi connectivity index (χ3v) is 6.04. The summed E-state index contributed by atoms with van der Waals surface area (Å²) in [5, 5.41) is 9.33. The Morgan fingerprint density at radius 3 is 2.25 bits per heavy atom. The van der Waals surface area contributed by atoms with Crippen LogP contribution in [0.4, 0.5) is 11.4 Å². The molecule has 0 saturated heterocycles. The fraction of sp³-hybridized carbons (Fsp3) is 0.0909. The highest BCUT2D eigenvalue weighted by molar-refractivity contribution is 7.92. The van der Waals surface area contributed by atoms with Gasteiger partial charge >= 0.3 is 5.69 Å². The van der Waals surface area contributed by atoms with Gasteiger partial charge in [-0.15, -0.1) is 0 Å². The monoisotopic (exact) mass is 390 g/mol. The van der Waals surface area contributed by atoms with E-state index in [0.29, 0.717) is 5.69 Å². The number of hydrogen-bond donors (Lipinski definition) is 0. The van der Waals surface area contributed by atoms with E-state index in [4.69, 9.17) is 0 Å². The number of sulfonamides is 1. The van der Waals surface area contributed by atoms with E-state index in [1.165, 1.54) is 4.31 Å². The van der Waals surface area contributed by atoms with Crippen molar-refractivity contribution < 1.29 is 8.42 Å². The van der Waals surface area contributed by atoms with E-state index in [9.17, 15) is 13.8 Å². The van der Waals surface area contributed by atoms with E-state index >= 15 is 0 Å². The second kappa shape index (κ2) is 8.51. The average Bonchev–Trinajstić information content (AvgIpc) is 2.72. The van der Waals surface area contributed by atoms with Crippen LogP contribution in [0.2, 0.25) is 0 Å². The van der Waals surface area contributed by atoms with Crippen LogP contribution in [0.1, 0.15) is 11.1 Å². The van der Waals surface area contributed by atoms with E-state index in [1.807, 2.05) is 43.3 Å². The Morgan fingerprint density at radius 1 is 0.929 bits per heavy atom. The SMILES string of the molecule is Cc1ccc(S(=O)(=O)N(C/C=C/c2ccccc2)c2ccccc2[N+]#N)cc1. The fourth-order valence-electron chi connectivity index (χ4n) is 2.77. The van der Waals surface area contributed by atoms with Crippen molar-refractivity contribution in [3.8, 4) is 0 Å². The maximum Gasteiger partial charge on any atom is 0.409 e. The topological polar surface area (TPSA) is 65.5 Å². The van der Waals surface area contributed by atoms with Gasteiger partial charge in [0.15, 0.2) is 4.98 Å². The van der Waals surface area contributed by atoms with Gasteiger partial charge < -0.3 is 0 Å². The lowest BCUT2D eigenvalue weighted by Crippen LogP contribution is -2.31. The molecule has 0 heterocycles. The van der Waals surface area contributed by atoms with Gasteiger partial charge in [0, 0.05) is 6.07 Å². The molecule has 0 fully saturated rings. The Balaban J connectivity index is 2.03. The van der Waals surface area contributed by atoms with Crippen LogP contribution in [0.25, 0.3) is 11.1 Å². The van der Waals surface area contributed by atoms with E-state index in [1.54, 1.807) is 54.6 Å². The molecule has 3 aromatic rings. The highest BCUT2D eigenvalue weighted by Gasteiger charge is 2.29. The Kier molecular flexibility index (Phi) is 5.87. The minimum atomic E-state index is -3.85. The molecule has 0 N–H and O–H groups in total. The zero-order valence-corrected chi connectivity index (χ0v) is 16.3. The zero-order chi connectivity index (χ0) is 20.0. The largest absolute Gasteiger partial charge is 0.409 e. The van der Waals surface area contributed by atoms with Crippen molar-refractivity contribution in [3.05, 3.63) is 101 Å². The second-order valence-electron chi connectivity index (χ2n) is 6.25. The highest BCUT2D eigenvalue weighted by atomic mass is 32.2. The first-order valence-electron chi connectivity index (χ1n) is 8.77. The molecule has 0 aromatic heterocycles. The lowest BCUT2D eigenvalue weighted by molar-refractivity contribution is 0.593. The number of hydrogen-bond acceptors (Lipinski definition) is 3. The zero-order valence-electron chi connectivity index (χ0n) is 15.4. The minimum Gasteiger partial charge on any atom is -0.254 e. The van der Waals surface area contributed by atoms with Crippen LogP contribution in [-0.4, -0.2) is 15.0 Å². The lowest BCUT2D eigenvalue weighted by atomic mass is 10.2. The van der Waals surface area contributed by atoms with E-state index in [0.717, 1.165) is 11.1 Å². The number of anilines is 1. The van der Waals surface area contributed by atoms with E-state index < -0.39 is 10.0 Å². The molecule has 0 radical (unpaired) electrons. The minimum absolute atomic E-state index is 0.0949. The molecule has 0 aliphatic rings. The van der Waals surface area contributed by atoms with Crippen molar-refractivity contribution in [2.45, 2.75) is 11.8 Å². The van der Waals surface area contributed by atoms with Crippen molar-refractivity contribution in [1.29, 1.82) is 5.39 Å². The van der Waals surface area contributed by atoms with Gasteiger partial charge in [-0.25, -0.2) is 8.42 Å². The number of diazo groups is 1. The van der Waals surface area contributed by atoms with Gasteiger partial charge in [-0.05, 0) is 30.7 Å². The van der Waals surface area contributed by atoms with Gasteiger partial charge in [-0.3, -0.25) is 4.31 Å². The molecule has 3 rings (SSSR count). The fourth-order valence-corrected chi connectivity index (χ4v) is 4.20. The van der Waals surface area contributed by atoms with Crippen LogP contribution >= 0.6 is 0 Å². The molecule has 140 valence electrons. The Labute approximate surface area is 165 Å². The number of rotatable bonds is 6. The third-order valence-electron chi connectivity index (χ3n) is 4.25. The molecule has 6 heteroatoms. The summed E-state index contributed by atoms with van der Waals surface area (Å²) >= 11 is 0. The summed E-state index contributed by atoms with van der Waals surface area (Å²) in [6.07, 6.45) is 3.63. The molecule has 0 bridgehead atoms. The maximum absolute atomic E-state index is 13.3. The summed E-state index contributed by atoms with van der Waals surface area (Å²) in [5.41, 5.74) is 2.44. The van der Waals surface area contributed by atoms with E-state index in [2.05, 4.69) is 4.98 Å². The van der Waals surface area contributed by atoms with Gasteiger partial charge in [-0.1, -0.05) is 72.3 Å². The van der Waals surface area contributed by atoms with E-state index in [-0.39, 0.29) is 17.1 Å². The predicted molar refractivity (Wildman–Crippen MR) is 112 cm³/mol. The molecule has 5 nitrogen and oxygen atoms in total. The van der Waals surface area contributed by atoms with Crippen molar-refractivity contribution in [2.75, 3.05) is 10.8 Å². The molecular weight excluding hydrogens is 370 g/mol. The summed E-state index contributed by atoms with van der Waals surface area (Å²) in [7, 11) is -3.85. The molecule has 0 unspecified atom stereocenters. The number of nitrogens with zero attached hydrogens (tertiary/aromatic N) is 3. The van der Waals surface area contributed by atoms with Gasteiger partial charge in [0.1, 0.15) is 5.69 Å². The van der Waals surface area contributed by atoms with Crippen LogP contribution in [0, 0.1) is 12.3 Å². The molecule has 0 atom stereocenters. The average molecular weight is 390 g/mol.